The number of aromatic nitrogens is 3. The molecule has 0 saturated heterocycles. The summed E-state index contributed by atoms with van der Waals surface area (Å²) in [4.78, 5) is 13.3. The van der Waals surface area contributed by atoms with E-state index in [1.54, 1.807) is 24.5 Å². The van der Waals surface area contributed by atoms with Crippen molar-refractivity contribution < 1.29 is 4.39 Å². The van der Waals surface area contributed by atoms with E-state index in [1.165, 1.54) is 12.1 Å². The monoisotopic (exact) mass is 371 g/mol. The van der Waals surface area contributed by atoms with Crippen LogP contribution in [-0.4, -0.2) is 15.0 Å². The Bertz CT molecular complexity index is 1050. The Labute approximate surface area is 162 Å². The summed E-state index contributed by atoms with van der Waals surface area (Å²) in [7, 11) is 0. The Balaban J connectivity index is 1.64. The minimum absolute atomic E-state index is 0.308. The van der Waals surface area contributed by atoms with Gasteiger partial charge < -0.3 is 10.6 Å². The molecule has 0 radical (unpaired) electrons. The third-order valence-electron chi connectivity index (χ3n) is 4.07. The van der Waals surface area contributed by atoms with E-state index >= 15 is 0 Å². The Kier molecular flexibility index (Phi) is 5.20. The quantitative estimate of drug-likeness (QED) is 0.497. The van der Waals surface area contributed by atoms with Gasteiger partial charge in [-0.1, -0.05) is 42.5 Å². The van der Waals surface area contributed by atoms with E-state index in [2.05, 4.69) is 25.6 Å². The summed E-state index contributed by atoms with van der Waals surface area (Å²) in [6.07, 6.45) is 3.52. The van der Waals surface area contributed by atoms with Crippen LogP contribution in [0.1, 0.15) is 5.56 Å². The van der Waals surface area contributed by atoms with Gasteiger partial charge in [0.05, 0.1) is 5.69 Å². The van der Waals surface area contributed by atoms with Gasteiger partial charge in [0.2, 0.25) is 5.95 Å². The van der Waals surface area contributed by atoms with Gasteiger partial charge in [-0.3, -0.25) is 4.98 Å². The van der Waals surface area contributed by atoms with Crippen molar-refractivity contribution in [3.63, 3.8) is 0 Å². The zero-order valence-corrected chi connectivity index (χ0v) is 15.0. The summed E-state index contributed by atoms with van der Waals surface area (Å²) in [6, 6.07) is 21.8. The van der Waals surface area contributed by atoms with Gasteiger partial charge in [0.15, 0.2) is 0 Å². The summed E-state index contributed by atoms with van der Waals surface area (Å²) in [6.45, 7) is 0.547. The number of hydrogen-bond donors (Lipinski definition) is 2. The molecule has 0 unspecified atom stereocenters. The maximum atomic E-state index is 13.5. The molecule has 6 heteroatoms. The van der Waals surface area contributed by atoms with Gasteiger partial charge in [-0.15, -0.1) is 0 Å². The van der Waals surface area contributed by atoms with Gasteiger partial charge in [-0.05, 0) is 29.8 Å². The standard InChI is InChI=1S/C22H18FN5/c23-18-9-4-10-19(12-18)26-21-13-20(17-7-2-1-3-8-17)27-22(28-21)25-15-16-6-5-11-24-14-16/h1-14H,15H2,(H2,25,26,27,28). The van der Waals surface area contributed by atoms with Crippen molar-refractivity contribution in [1.82, 2.24) is 15.0 Å². The van der Waals surface area contributed by atoms with Crippen LogP contribution < -0.4 is 10.6 Å². The Morgan fingerprint density at radius 2 is 1.75 bits per heavy atom. The van der Waals surface area contributed by atoms with Crippen LogP contribution in [0.5, 0.6) is 0 Å². The van der Waals surface area contributed by atoms with Crippen LogP contribution in [0.25, 0.3) is 11.3 Å². The molecule has 0 aliphatic carbocycles. The average Bonchev–Trinajstić information content (AvgIpc) is 2.74. The summed E-state index contributed by atoms with van der Waals surface area (Å²) in [5, 5.41) is 6.38. The molecule has 2 N–H and O–H groups in total. The molecule has 2 aromatic carbocycles. The van der Waals surface area contributed by atoms with Crippen molar-refractivity contribution in [3.8, 4) is 11.3 Å². The lowest BCUT2D eigenvalue weighted by atomic mass is 10.1. The summed E-state index contributed by atoms with van der Waals surface area (Å²) < 4.78 is 13.5. The highest BCUT2D eigenvalue weighted by molar-refractivity contribution is 5.67. The molecular weight excluding hydrogens is 353 g/mol. The fourth-order valence-corrected chi connectivity index (χ4v) is 2.75. The van der Waals surface area contributed by atoms with E-state index in [0.717, 1.165) is 16.8 Å². The van der Waals surface area contributed by atoms with E-state index in [9.17, 15) is 4.39 Å². The molecule has 0 amide bonds. The average molecular weight is 371 g/mol. The fourth-order valence-electron chi connectivity index (χ4n) is 2.75. The van der Waals surface area contributed by atoms with Gasteiger partial charge >= 0.3 is 0 Å². The summed E-state index contributed by atoms with van der Waals surface area (Å²) in [5.74, 6) is 0.745. The van der Waals surface area contributed by atoms with Gasteiger partial charge in [-0.25, -0.2) is 9.37 Å². The highest BCUT2D eigenvalue weighted by atomic mass is 19.1. The molecule has 0 aliphatic rings. The molecule has 5 nitrogen and oxygen atoms in total. The molecule has 0 spiro atoms. The van der Waals surface area contributed by atoms with Crippen LogP contribution in [0, 0.1) is 5.82 Å². The second-order valence-corrected chi connectivity index (χ2v) is 6.18. The van der Waals surface area contributed by atoms with E-state index < -0.39 is 0 Å². The molecule has 28 heavy (non-hydrogen) atoms. The molecule has 2 heterocycles. The molecule has 2 aromatic heterocycles. The van der Waals surface area contributed by atoms with Crippen molar-refractivity contribution in [2.75, 3.05) is 10.6 Å². The van der Waals surface area contributed by atoms with E-state index in [-0.39, 0.29) is 5.82 Å². The predicted octanol–water partition coefficient (Wildman–Crippen LogP) is 5.03. The second-order valence-electron chi connectivity index (χ2n) is 6.18. The third kappa shape index (κ3) is 4.48. The van der Waals surface area contributed by atoms with Gasteiger partial charge in [0.1, 0.15) is 11.6 Å². The van der Waals surface area contributed by atoms with Crippen molar-refractivity contribution in [2.45, 2.75) is 6.54 Å². The number of halogens is 1. The SMILES string of the molecule is Fc1cccc(Nc2cc(-c3ccccc3)nc(NCc3cccnc3)n2)c1. The van der Waals surface area contributed by atoms with Gasteiger partial charge in [-0.2, -0.15) is 4.98 Å². The smallest absolute Gasteiger partial charge is 0.225 e. The minimum Gasteiger partial charge on any atom is -0.350 e. The maximum Gasteiger partial charge on any atom is 0.225 e. The number of nitrogens with zero attached hydrogens (tertiary/aromatic N) is 3. The number of rotatable bonds is 6. The van der Waals surface area contributed by atoms with Crippen LogP contribution in [0.3, 0.4) is 0 Å². The lowest BCUT2D eigenvalue weighted by Gasteiger charge is -2.12. The zero-order chi connectivity index (χ0) is 19.2. The van der Waals surface area contributed by atoms with Gasteiger partial charge in [0.25, 0.3) is 0 Å². The number of benzene rings is 2. The molecule has 0 atom stereocenters. The van der Waals surface area contributed by atoms with E-state index in [4.69, 9.17) is 0 Å². The van der Waals surface area contributed by atoms with E-state index in [1.807, 2.05) is 48.5 Å². The van der Waals surface area contributed by atoms with Crippen LogP contribution in [0.15, 0.2) is 85.2 Å². The van der Waals surface area contributed by atoms with Crippen LogP contribution in [-0.2, 0) is 6.54 Å². The number of hydrogen-bond acceptors (Lipinski definition) is 5. The lowest BCUT2D eigenvalue weighted by Crippen LogP contribution is -2.06. The lowest BCUT2D eigenvalue weighted by molar-refractivity contribution is 0.628. The normalized spacial score (nSPS) is 10.5. The Morgan fingerprint density at radius 3 is 2.54 bits per heavy atom. The number of anilines is 3. The molecule has 4 rings (SSSR count). The second kappa shape index (κ2) is 8.26. The maximum absolute atomic E-state index is 13.5. The van der Waals surface area contributed by atoms with Crippen molar-refractivity contribution in [1.29, 1.82) is 0 Å². The predicted molar refractivity (Wildman–Crippen MR) is 109 cm³/mol. The largest absolute Gasteiger partial charge is 0.350 e. The number of pyridine rings is 1. The molecule has 4 aromatic rings. The molecular formula is C22H18FN5. The first-order chi connectivity index (χ1) is 13.8. The molecule has 138 valence electrons. The molecule has 0 aliphatic heterocycles. The molecule has 0 fully saturated rings. The highest BCUT2D eigenvalue weighted by Crippen LogP contribution is 2.24. The Hall–Kier alpha value is -3.80. The first-order valence-corrected chi connectivity index (χ1v) is 8.86. The van der Waals surface area contributed by atoms with Crippen LogP contribution >= 0.6 is 0 Å². The summed E-state index contributed by atoms with van der Waals surface area (Å²) in [5.41, 5.74) is 3.38. The minimum atomic E-state index is -0.308. The first-order valence-electron chi connectivity index (χ1n) is 8.86. The van der Waals surface area contributed by atoms with Crippen LogP contribution in [0.2, 0.25) is 0 Å². The summed E-state index contributed by atoms with van der Waals surface area (Å²) >= 11 is 0. The topological polar surface area (TPSA) is 62.7 Å². The van der Waals surface area contributed by atoms with Crippen molar-refractivity contribution in [3.05, 3.63) is 96.6 Å². The first kappa shape index (κ1) is 17.6. The van der Waals surface area contributed by atoms with Gasteiger partial charge in [0, 0.05) is 36.3 Å². The number of nitrogens with one attached hydrogen (secondary N) is 2. The fraction of sp³-hybridized carbons (Fsp3) is 0.0455. The van der Waals surface area contributed by atoms with E-state index in [0.29, 0.717) is 24.0 Å². The van der Waals surface area contributed by atoms with Crippen LogP contribution in [0.4, 0.5) is 21.8 Å². The molecule has 0 bridgehead atoms. The van der Waals surface area contributed by atoms with Crippen molar-refractivity contribution >= 4 is 17.5 Å². The highest BCUT2D eigenvalue weighted by Gasteiger charge is 2.08. The third-order valence-corrected chi connectivity index (χ3v) is 4.07. The molecule has 0 saturated carbocycles. The zero-order valence-electron chi connectivity index (χ0n) is 15.0. The van der Waals surface area contributed by atoms with Crippen molar-refractivity contribution in [2.24, 2.45) is 0 Å². The Morgan fingerprint density at radius 1 is 0.857 bits per heavy atom.